The first-order chi connectivity index (χ1) is 20.7. The van der Waals surface area contributed by atoms with Crippen LogP contribution in [0.5, 0.6) is 17.2 Å². The van der Waals surface area contributed by atoms with Crippen LogP contribution in [0.15, 0.2) is 140 Å². The molecule has 3 heterocycles. The summed E-state index contributed by atoms with van der Waals surface area (Å²) >= 11 is 1.59. The number of benzene rings is 5. The summed E-state index contributed by atoms with van der Waals surface area (Å²) in [5.41, 5.74) is 7.18. The first-order valence-corrected chi connectivity index (χ1v) is 14.6. The standard InChI is InChI=1S/C37H24N2O2S/c40-30-17-4-1-13-27(30)36-39-35-26(14-10-20-33(35)42-36)24-11-9-12-25(23-24)37(34-21-7-8-22-38-34)28-15-2-5-18-31(28)41-32-19-6-3-16-29(32)37/h1-23,40H. The molecule has 4 nitrogen and oxygen atoms in total. The number of hydrogen-bond acceptors (Lipinski definition) is 5. The molecule has 0 saturated heterocycles. The molecular weight excluding hydrogens is 536 g/mol. The predicted molar refractivity (Wildman–Crippen MR) is 168 cm³/mol. The predicted octanol–water partition coefficient (Wildman–Crippen LogP) is 9.22. The van der Waals surface area contributed by atoms with E-state index in [2.05, 4.69) is 72.8 Å². The summed E-state index contributed by atoms with van der Waals surface area (Å²) in [5.74, 6) is 1.87. The minimum Gasteiger partial charge on any atom is -0.507 e. The third-order valence-electron chi connectivity index (χ3n) is 8.01. The van der Waals surface area contributed by atoms with E-state index in [1.54, 1.807) is 17.4 Å². The van der Waals surface area contributed by atoms with Gasteiger partial charge in [-0.15, -0.1) is 11.3 Å². The fourth-order valence-electron chi connectivity index (χ4n) is 6.19. The van der Waals surface area contributed by atoms with Crippen molar-refractivity contribution in [1.29, 1.82) is 0 Å². The number of thiazole rings is 1. The van der Waals surface area contributed by atoms with Gasteiger partial charge in [-0.3, -0.25) is 4.98 Å². The number of aromatic hydroxyl groups is 1. The average Bonchev–Trinajstić information content (AvgIpc) is 3.49. The van der Waals surface area contributed by atoms with Crippen LogP contribution in [0, 0.1) is 0 Å². The number of pyridine rings is 1. The molecule has 0 fully saturated rings. The van der Waals surface area contributed by atoms with E-state index in [0.717, 1.165) is 65.8 Å². The third-order valence-corrected chi connectivity index (χ3v) is 9.07. The number of nitrogens with zero attached hydrogens (tertiary/aromatic N) is 2. The van der Waals surface area contributed by atoms with Crippen molar-refractivity contribution in [3.8, 4) is 38.9 Å². The van der Waals surface area contributed by atoms with E-state index in [0.29, 0.717) is 0 Å². The topological polar surface area (TPSA) is 55.2 Å². The molecule has 0 radical (unpaired) electrons. The van der Waals surface area contributed by atoms with E-state index in [1.807, 2.05) is 60.8 Å². The van der Waals surface area contributed by atoms with Crippen molar-refractivity contribution >= 4 is 21.6 Å². The zero-order valence-corrected chi connectivity index (χ0v) is 23.3. The number of phenolic OH excluding ortho intramolecular Hbond substituents is 1. The summed E-state index contributed by atoms with van der Waals surface area (Å²) in [6, 6.07) is 45.0. The summed E-state index contributed by atoms with van der Waals surface area (Å²) in [6.45, 7) is 0. The lowest BCUT2D eigenvalue weighted by Gasteiger charge is -2.40. The third kappa shape index (κ3) is 3.67. The quantitative estimate of drug-likeness (QED) is 0.233. The SMILES string of the molecule is Oc1ccccc1-c1nc2c(-c3cccc(C4(c5ccccn5)c5ccccc5Oc5ccccc54)c3)cccc2s1. The highest BCUT2D eigenvalue weighted by atomic mass is 32.1. The van der Waals surface area contributed by atoms with Gasteiger partial charge < -0.3 is 9.84 Å². The highest BCUT2D eigenvalue weighted by Crippen LogP contribution is 2.55. The van der Waals surface area contributed by atoms with Crippen molar-refractivity contribution in [1.82, 2.24) is 9.97 Å². The molecule has 0 spiro atoms. The molecule has 8 rings (SSSR count). The molecule has 2 aromatic heterocycles. The van der Waals surface area contributed by atoms with Crippen molar-refractivity contribution < 1.29 is 9.84 Å². The van der Waals surface area contributed by atoms with Gasteiger partial charge in [-0.2, -0.15) is 0 Å². The zero-order valence-electron chi connectivity index (χ0n) is 22.4. The van der Waals surface area contributed by atoms with Gasteiger partial charge in [-0.25, -0.2) is 4.98 Å². The Morgan fingerprint density at radius 1 is 0.643 bits per heavy atom. The second-order valence-corrected chi connectivity index (χ2v) is 11.4. The Morgan fingerprint density at radius 2 is 1.33 bits per heavy atom. The van der Waals surface area contributed by atoms with Crippen LogP contribution in [0.25, 0.3) is 31.9 Å². The lowest BCUT2D eigenvalue weighted by atomic mass is 9.65. The van der Waals surface area contributed by atoms with Crippen LogP contribution < -0.4 is 4.74 Å². The highest BCUT2D eigenvalue weighted by molar-refractivity contribution is 7.21. The molecule has 42 heavy (non-hydrogen) atoms. The minimum absolute atomic E-state index is 0.231. The lowest BCUT2D eigenvalue weighted by Crippen LogP contribution is -2.35. The van der Waals surface area contributed by atoms with Gasteiger partial charge in [0.15, 0.2) is 0 Å². The second-order valence-electron chi connectivity index (χ2n) is 10.3. The first kappa shape index (κ1) is 24.5. The number of ether oxygens (including phenoxy) is 1. The molecule has 0 bridgehead atoms. The van der Waals surface area contributed by atoms with Crippen molar-refractivity contribution in [2.75, 3.05) is 0 Å². The summed E-state index contributed by atoms with van der Waals surface area (Å²) in [4.78, 5) is 9.99. The van der Waals surface area contributed by atoms with Crippen molar-refractivity contribution in [2.45, 2.75) is 5.41 Å². The van der Waals surface area contributed by atoms with E-state index in [4.69, 9.17) is 14.7 Å². The maximum absolute atomic E-state index is 10.5. The van der Waals surface area contributed by atoms with E-state index >= 15 is 0 Å². The number of aromatic nitrogens is 2. The molecule has 0 aliphatic carbocycles. The number of fused-ring (bicyclic) bond motifs is 3. The fraction of sp³-hybridized carbons (Fsp3) is 0.0270. The highest BCUT2D eigenvalue weighted by Gasteiger charge is 2.46. The van der Waals surface area contributed by atoms with Gasteiger partial charge in [0.25, 0.3) is 0 Å². The van der Waals surface area contributed by atoms with Crippen LogP contribution in [-0.2, 0) is 5.41 Å². The molecule has 0 saturated carbocycles. The Labute approximate surface area is 247 Å². The molecule has 1 N–H and O–H groups in total. The Balaban J connectivity index is 1.39. The Bertz CT molecular complexity index is 2060. The average molecular weight is 561 g/mol. The van der Waals surface area contributed by atoms with E-state index in [-0.39, 0.29) is 5.75 Å². The van der Waals surface area contributed by atoms with Gasteiger partial charge in [0.1, 0.15) is 22.3 Å². The van der Waals surface area contributed by atoms with Gasteiger partial charge in [-0.1, -0.05) is 84.9 Å². The van der Waals surface area contributed by atoms with Gasteiger partial charge in [0, 0.05) is 22.9 Å². The molecule has 7 aromatic rings. The molecule has 1 aliphatic heterocycles. The van der Waals surface area contributed by atoms with Crippen LogP contribution >= 0.6 is 11.3 Å². The van der Waals surface area contributed by atoms with Gasteiger partial charge in [0.05, 0.1) is 26.9 Å². The van der Waals surface area contributed by atoms with Crippen LogP contribution in [0.4, 0.5) is 0 Å². The minimum atomic E-state index is -0.695. The van der Waals surface area contributed by atoms with E-state index < -0.39 is 5.41 Å². The molecule has 1 aliphatic rings. The van der Waals surface area contributed by atoms with Crippen LogP contribution in [0.3, 0.4) is 0 Å². The summed E-state index contributed by atoms with van der Waals surface area (Å²) in [6.07, 6.45) is 1.86. The molecule has 0 unspecified atom stereocenters. The van der Waals surface area contributed by atoms with Crippen LogP contribution in [0.2, 0.25) is 0 Å². The van der Waals surface area contributed by atoms with Crippen molar-refractivity contribution in [2.24, 2.45) is 0 Å². The second kappa shape index (κ2) is 9.68. The number of phenols is 1. The molecule has 200 valence electrons. The summed E-state index contributed by atoms with van der Waals surface area (Å²) in [5, 5.41) is 11.3. The van der Waals surface area contributed by atoms with E-state index in [1.165, 1.54) is 0 Å². The van der Waals surface area contributed by atoms with E-state index in [9.17, 15) is 5.11 Å². The fourth-order valence-corrected chi connectivity index (χ4v) is 7.21. The number of hydrogen-bond donors (Lipinski definition) is 1. The normalized spacial score (nSPS) is 13.2. The Hall–Kier alpha value is -5.26. The maximum atomic E-state index is 10.5. The number of para-hydroxylation sites is 4. The molecular formula is C37H24N2O2S. The van der Waals surface area contributed by atoms with Crippen LogP contribution in [0.1, 0.15) is 22.4 Å². The monoisotopic (exact) mass is 560 g/mol. The van der Waals surface area contributed by atoms with Crippen molar-refractivity contribution in [3.05, 3.63) is 162 Å². The lowest BCUT2D eigenvalue weighted by molar-refractivity contribution is 0.432. The molecule has 5 aromatic carbocycles. The van der Waals surface area contributed by atoms with Crippen LogP contribution in [-0.4, -0.2) is 15.1 Å². The molecule has 5 heteroatoms. The van der Waals surface area contributed by atoms with Gasteiger partial charge >= 0.3 is 0 Å². The first-order valence-electron chi connectivity index (χ1n) is 13.8. The zero-order chi connectivity index (χ0) is 28.1. The van der Waals surface area contributed by atoms with Gasteiger partial charge in [-0.05, 0) is 59.7 Å². The van der Waals surface area contributed by atoms with Gasteiger partial charge in [0.2, 0.25) is 0 Å². The largest absolute Gasteiger partial charge is 0.507 e. The summed E-state index contributed by atoms with van der Waals surface area (Å²) in [7, 11) is 0. The maximum Gasteiger partial charge on any atom is 0.132 e. The number of rotatable bonds is 4. The Morgan fingerprint density at radius 3 is 2.10 bits per heavy atom. The van der Waals surface area contributed by atoms with Crippen molar-refractivity contribution in [3.63, 3.8) is 0 Å². The summed E-state index contributed by atoms with van der Waals surface area (Å²) < 4.78 is 7.51. The smallest absolute Gasteiger partial charge is 0.132 e. The molecule has 0 atom stereocenters. The molecule has 0 amide bonds. The Kier molecular flexibility index (Phi) is 5.66.